The predicted molar refractivity (Wildman–Crippen MR) is 86.8 cm³/mol. The molecule has 0 atom stereocenters. The highest BCUT2D eigenvalue weighted by molar-refractivity contribution is 6.00. The Hall–Kier alpha value is -3.62. The summed E-state index contributed by atoms with van der Waals surface area (Å²) in [6.45, 7) is -0.459. The topological polar surface area (TPSA) is 114 Å². The van der Waals surface area contributed by atoms with Crippen LogP contribution in [-0.4, -0.2) is 37.2 Å². The number of fused-ring (bicyclic) bond motifs is 1. The van der Waals surface area contributed by atoms with Gasteiger partial charge >= 0.3 is 5.97 Å². The second-order valence-corrected chi connectivity index (χ2v) is 5.21. The molecule has 0 aliphatic carbocycles. The van der Waals surface area contributed by atoms with Crippen LogP contribution in [0.5, 0.6) is 17.2 Å². The van der Waals surface area contributed by atoms with Crippen molar-refractivity contribution in [2.24, 2.45) is 0 Å². The summed E-state index contributed by atoms with van der Waals surface area (Å²) in [5, 5.41) is 10.9. The highest BCUT2D eigenvalue weighted by Crippen LogP contribution is 2.32. The summed E-state index contributed by atoms with van der Waals surface area (Å²) in [6.07, 6.45) is 0. The van der Waals surface area contributed by atoms with E-state index in [1.165, 1.54) is 31.4 Å². The van der Waals surface area contributed by atoms with Gasteiger partial charge in [-0.3, -0.25) is 14.9 Å². The van der Waals surface area contributed by atoms with Crippen LogP contribution < -0.4 is 14.2 Å². The second kappa shape index (κ2) is 7.09. The Kier molecular flexibility index (Phi) is 4.70. The molecule has 2 aromatic rings. The number of non-ortho nitro benzene ring substituents is 1. The lowest BCUT2D eigenvalue weighted by Crippen LogP contribution is -2.15. The molecule has 0 radical (unpaired) electrons. The molecule has 9 nitrogen and oxygen atoms in total. The molecule has 1 heterocycles. The predicted octanol–water partition coefficient (Wildman–Crippen LogP) is 2.37. The van der Waals surface area contributed by atoms with E-state index in [2.05, 4.69) is 0 Å². The van der Waals surface area contributed by atoms with Gasteiger partial charge in [0.05, 0.1) is 12.0 Å². The van der Waals surface area contributed by atoms with E-state index in [0.29, 0.717) is 11.5 Å². The maximum atomic E-state index is 12.2. The van der Waals surface area contributed by atoms with Crippen molar-refractivity contribution in [3.8, 4) is 17.2 Å². The lowest BCUT2D eigenvalue weighted by atomic mass is 10.1. The largest absolute Gasteiger partial charge is 0.496 e. The number of benzene rings is 2. The summed E-state index contributed by atoms with van der Waals surface area (Å²) in [6, 6.07) is 8.12. The molecular weight excluding hydrogens is 346 g/mol. The summed E-state index contributed by atoms with van der Waals surface area (Å²) < 4.78 is 20.3. The fourth-order valence-corrected chi connectivity index (χ4v) is 2.33. The molecule has 2 aromatic carbocycles. The highest BCUT2D eigenvalue weighted by atomic mass is 16.7. The minimum atomic E-state index is -0.903. The van der Waals surface area contributed by atoms with Crippen LogP contribution in [0.2, 0.25) is 0 Å². The lowest BCUT2D eigenvalue weighted by molar-refractivity contribution is -0.384. The van der Waals surface area contributed by atoms with Gasteiger partial charge in [0.25, 0.3) is 5.69 Å². The molecule has 0 N–H and O–H groups in total. The van der Waals surface area contributed by atoms with Crippen LogP contribution >= 0.6 is 0 Å². The monoisotopic (exact) mass is 359 g/mol. The van der Waals surface area contributed by atoms with Crippen molar-refractivity contribution in [3.05, 3.63) is 57.6 Å². The van der Waals surface area contributed by atoms with E-state index >= 15 is 0 Å². The number of carbonyl (C=O) groups excluding carboxylic acids is 2. The Morgan fingerprint density at radius 1 is 1.15 bits per heavy atom. The van der Waals surface area contributed by atoms with Crippen LogP contribution in [0.15, 0.2) is 36.4 Å². The Balaban J connectivity index is 1.71. The maximum Gasteiger partial charge on any atom is 0.342 e. The summed E-state index contributed by atoms with van der Waals surface area (Å²) in [4.78, 5) is 34.6. The Morgan fingerprint density at radius 3 is 2.65 bits per heavy atom. The average Bonchev–Trinajstić information content (AvgIpc) is 3.12. The number of methoxy groups -OCH3 is 1. The number of hydrogen-bond acceptors (Lipinski definition) is 8. The summed E-state index contributed by atoms with van der Waals surface area (Å²) in [7, 11) is 1.32. The number of Topliss-reactive ketones (excluding diaryl/α,β-unsaturated/α-hetero) is 1. The SMILES string of the molecule is COc1ccc([N+](=O)[O-])cc1C(=O)OCC(=O)c1ccc2c(c1)OCO2. The molecule has 0 unspecified atom stereocenters. The standard InChI is InChI=1S/C17H13NO8/c1-23-14-5-3-11(18(21)22)7-12(14)17(20)24-8-13(19)10-2-4-15-16(6-10)26-9-25-15/h2-7H,8-9H2,1H3. The number of carbonyl (C=O) groups is 2. The molecule has 0 fully saturated rings. The van der Waals surface area contributed by atoms with E-state index in [9.17, 15) is 19.7 Å². The van der Waals surface area contributed by atoms with Gasteiger partial charge in [-0.05, 0) is 24.3 Å². The molecule has 0 spiro atoms. The van der Waals surface area contributed by atoms with Crippen LogP contribution in [0.1, 0.15) is 20.7 Å². The minimum Gasteiger partial charge on any atom is -0.496 e. The molecular formula is C17H13NO8. The fraction of sp³-hybridized carbons (Fsp3) is 0.176. The van der Waals surface area contributed by atoms with Gasteiger partial charge in [-0.1, -0.05) is 0 Å². The van der Waals surface area contributed by atoms with Crippen molar-refractivity contribution in [1.29, 1.82) is 0 Å². The quantitative estimate of drug-likeness (QED) is 0.334. The van der Waals surface area contributed by atoms with E-state index in [1.807, 2.05) is 0 Å². The van der Waals surface area contributed by atoms with E-state index in [0.717, 1.165) is 6.07 Å². The summed E-state index contributed by atoms with van der Waals surface area (Å²) in [5.74, 6) is -0.292. The smallest absolute Gasteiger partial charge is 0.342 e. The van der Waals surface area contributed by atoms with E-state index in [1.54, 1.807) is 6.07 Å². The molecule has 0 bridgehead atoms. The highest BCUT2D eigenvalue weighted by Gasteiger charge is 2.21. The maximum absolute atomic E-state index is 12.2. The van der Waals surface area contributed by atoms with E-state index in [-0.39, 0.29) is 29.4 Å². The Morgan fingerprint density at radius 2 is 1.92 bits per heavy atom. The van der Waals surface area contributed by atoms with Crippen molar-refractivity contribution in [1.82, 2.24) is 0 Å². The first kappa shape index (κ1) is 17.2. The molecule has 1 aliphatic heterocycles. The van der Waals surface area contributed by atoms with Gasteiger partial charge < -0.3 is 18.9 Å². The molecule has 0 aromatic heterocycles. The molecule has 9 heteroatoms. The van der Waals surface area contributed by atoms with Crippen LogP contribution in [0.25, 0.3) is 0 Å². The minimum absolute atomic E-state index is 0.0779. The van der Waals surface area contributed by atoms with Crippen molar-refractivity contribution in [2.75, 3.05) is 20.5 Å². The van der Waals surface area contributed by atoms with Gasteiger partial charge in [0.1, 0.15) is 11.3 Å². The van der Waals surface area contributed by atoms with Crippen molar-refractivity contribution < 1.29 is 33.5 Å². The third-order valence-electron chi connectivity index (χ3n) is 3.64. The van der Waals surface area contributed by atoms with Gasteiger partial charge in [-0.2, -0.15) is 0 Å². The lowest BCUT2D eigenvalue weighted by Gasteiger charge is -2.08. The van der Waals surface area contributed by atoms with Gasteiger partial charge in [-0.25, -0.2) is 4.79 Å². The van der Waals surface area contributed by atoms with E-state index < -0.39 is 23.3 Å². The number of rotatable bonds is 6. The first-order chi connectivity index (χ1) is 12.5. The van der Waals surface area contributed by atoms with Crippen molar-refractivity contribution in [3.63, 3.8) is 0 Å². The first-order valence-corrected chi connectivity index (χ1v) is 7.42. The zero-order chi connectivity index (χ0) is 18.7. The Labute approximate surface area is 147 Å². The zero-order valence-corrected chi connectivity index (χ0v) is 13.6. The molecule has 26 heavy (non-hydrogen) atoms. The van der Waals surface area contributed by atoms with Gasteiger partial charge in [0.2, 0.25) is 6.79 Å². The Bertz CT molecular complexity index is 892. The summed E-state index contributed by atoms with van der Waals surface area (Å²) >= 11 is 0. The number of nitro groups is 1. The normalized spacial score (nSPS) is 11.7. The van der Waals surface area contributed by atoms with Crippen LogP contribution in [0.4, 0.5) is 5.69 Å². The fourth-order valence-electron chi connectivity index (χ4n) is 2.33. The van der Waals surface area contributed by atoms with Crippen molar-refractivity contribution >= 4 is 17.4 Å². The first-order valence-electron chi connectivity index (χ1n) is 7.42. The molecule has 1 aliphatic rings. The average molecular weight is 359 g/mol. The number of ether oxygens (including phenoxy) is 4. The van der Waals surface area contributed by atoms with Crippen molar-refractivity contribution in [2.45, 2.75) is 0 Å². The molecule has 0 amide bonds. The van der Waals surface area contributed by atoms with Crippen LogP contribution in [-0.2, 0) is 4.74 Å². The third kappa shape index (κ3) is 3.41. The van der Waals surface area contributed by atoms with Gasteiger partial charge in [0, 0.05) is 17.7 Å². The van der Waals surface area contributed by atoms with Crippen LogP contribution in [0, 0.1) is 10.1 Å². The number of nitrogens with zero attached hydrogens (tertiary/aromatic N) is 1. The number of hydrogen-bond donors (Lipinski definition) is 0. The zero-order valence-electron chi connectivity index (χ0n) is 13.6. The molecule has 3 rings (SSSR count). The van der Waals surface area contributed by atoms with Crippen LogP contribution in [0.3, 0.4) is 0 Å². The third-order valence-corrected chi connectivity index (χ3v) is 3.64. The van der Waals surface area contributed by atoms with Gasteiger partial charge in [-0.15, -0.1) is 0 Å². The second-order valence-electron chi connectivity index (χ2n) is 5.21. The summed E-state index contributed by atoms with van der Waals surface area (Å²) in [5.41, 5.74) is -0.145. The molecule has 0 saturated heterocycles. The molecule has 0 saturated carbocycles. The molecule has 134 valence electrons. The number of esters is 1. The van der Waals surface area contributed by atoms with Gasteiger partial charge in [0.15, 0.2) is 23.9 Å². The number of ketones is 1. The number of nitro benzene ring substituents is 1. The van der Waals surface area contributed by atoms with E-state index in [4.69, 9.17) is 18.9 Å².